The molecule has 5 rings (SSSR count). The summed E-state index contributed by atoms with van der Waals surface area (Å²) in [6.45, 7) is 5.31. The van der Waals surface area contributed by atoms with E-state index in [1.165, 1.54) is 11.7 Å². The number of oxazole rings is 1. The van der Waals surface area contributed by atoms with Crippen molar-refractivity contribution < 1.29 is 28.6 Å². The number of piperazine rings is 1. The van der Waals surface area contributed by atoms with Crippen LogP contribution in [0, 0.1) is 6.92 Å². The summed E-state index contributed by atoms with van der Waals surface area (Å²) in [7, 11) is 3.00. The van der Waals surface area contributed by atoms with Crippen LogP contribution in [0.15, 0.2) is 59.5 Å². The van der Waals surface area contributed by atoms with Crippen molar-refractivity contribution in [3.05, 3.63) is 83.2 Å². The molecule has 4 aromatic rings. The predicted octanol–water partition coefficient (Wildman–Crippen LogP) is 4.32. The average Bonchev–Trinajstić information content (AvgIpc) is 3.61. The lowest BCUT2D eigenvalue weighted by Crippen LogP contribution is -2.47. The van der Waals surface area contributed by atoms with Crippen molar-refractivity contribution in [2.45, 2.75) is 26.1 Å². The maximum atomic E-state index is 12.0. The van der Waals surface area contributed by atoms with Crippen LogP contribution in [0.25, 0.3) is 10.9 Å². The van der Waals surface area contributed by atoms with Gasteiger partial charge in [-0.05, 0) is 42.3 Å². The van der Waals surface area contributed by atoms with Gasteiger partial charge in [-0.1, -0.05) is 12.1 Å². The summed E-state index contributed by atoms with van der Waals surface area (Å²) in [6, 6.07) is 11.2. The summed E-state index contributed by atoms with van der Waals surface area (Å²) in [6.07, 6.45) is 3.78. The second-order valence-corrected chi connectivity index (χ2v) is 9.37. The first-order chi connectivity index (χ1) is 18.4. The largest absolute Gasteiger partial charge is 0.496 e. The van der Waals surface area contributed by atoms with Crippen LogP contribution < -0.4 is 4.74 Å². The highest BCUT2D eigenvalue weighted by Crippen LogP contribution is 2.36. The number of carbonyl (C=O) groups excluding carboxylic acids is 1. The van der Waals surface area contributed by atoms with Gasteiger partial charge in [0, 0.05) is 49.4 Å². The minimum absolute atomic E-state index is 0.00646. The summed E-state index contributed by atoms with van der Waals surface area (Å²) in [4.78, 5) is 32.8. The molecule has 1 fully saturated rings. The lowest BCUT2D eigenvalue weighted by Gasteiger charge is -2.41. The zero-order valence-electron chi connectivity index (χ0n) is 21.6. The second kappa shape index (κ2) is 10.7. The third-order valence-electron chi connectivity index (χ3n) is 7.15. The average molecular weight is 519 g/mol. The van der Waals surface area contributed by atoms with Crippen LogP contribution in [-0.2, 0) is 17.8 Å². The molecule has 2 aromatic carbocycles. The second-order valence-electron chi connectivity index (χ2n) is 9.37. The van der Waals surface area contributed by atoms with Crippen LogP contribution in [0.4, 0.5) is 4.79 Å². The normalized spacial score (nSPS) is 16.6. The first kappa shape index (κ1) is 25.5. The number of carbonyl (C=O) groups is 2. The number of benzene rings is 2. The van der Waals surface area contributed by atoms with Gasteiger partial charge < -0.3 is 19.0 Å². The molecule has 0 radical (unpaired) electrons. The molecular formula is C28H30N4O6. The van der Waals surface area contributed by atoms with E-state index in [-0.39, 0.29) is 12.0 Å². The molecule has 2 aromatic heterocycles. The molecule has 1 unspecified atom stereocenters. The lowest BCUT2D eigenvalue weighted by atomic mass is 9.98. The summed E-state index contributed by atoms with van der Waals surface area (Å²) in [5, 5.41) is 10.6. The van der Waals surface area contributed by atoms with Gasteiger partial charge in [0.1, 0.15) is 12.0 Å². The van der Waals surface area contributed by atoms with E-state index >= 15 is 0 Å². The Morgan fingerprint density at radius 1 is 1.13 bits per heavy atom. The van der Waals surface area contributed by atoms with E-state index in [9.17, 15) is 14.7 Å². The van der Waals surface area contributed by atoms with Gasteiger partial charge in [0.25, 0.3) is 0 Å². The van der Waals surface area contributed by atoms with Gasteiger partial charge in [-0.2, -0.15) is 0 Å². The number of methoxy groups -OCH3 is 2. The van der Waals surface area contributed by atoms with Crippen LogP contribution in [0.5, 0.6) is 5.75 Å². The van der Waals surface area contributed by atoms with E-state index < -0.39 is 6.09 Å². The Bertz CT molecular complexity index is 1440. The number of nitrogens with zero attached hydrogens (tertiary/aromatic N) is 4. The Labute approximate surface area is 220 Å². The van der Waals surface area contributed by atoms with Crippen molar-refractivity contribution in [3.8, 4) is 5.75 Å². The molecule has 1 atom stereocenters. The van der Waals surface area contributed by atoms with E-state index in [2.05, 4.69) is 14.8 Å². The Balaban J connectivity index is 1.51. The third kappa shape index (κ3) is 4.88. The summed E-state index contributed by atoms with van der Waals surface area (Å²) < 4.78 is 17.4. The number of carboxylic acid groups (broad SMARTS) is 1. The quantitative estimate of drug-likeness (QED) is 0.358. The fraction of sp³-hybridized carbons (Fsp3) is 0.321. The van der Waals surface area contributed by atoms with Crippen molar-refractivity contribution in [2.75, 3.05) is 33.9 Å². The van der Waals surface area contributed by atoms with E-state index in [0.717, 1.165) is 40.9 Å². The smallest absolute Gasteiger partial charge is 0.416 e. The summed E-state index contributed by atoms with van der Waals surface area (Å²) in [5.74, 6) is 1.01. The predicted molar refractivity (Wildman–Crippen MR) is 139 cm³/mol. The molecule has 0 bridgehead atoms. The molecule has 38 heavy (non-hydrogen) atoms. The van der Waals surface area contributed by atoms with E-state index in [4.69, 9.17) is 13.9 Å². The van der Waals surface area contributed by atoms with Crippen molar-refractivity contribution in [1.29, 1.82) is 0 Å². The highest BCUT2D eigenvalue weighted by Gasteiger charge is 2.31. The van der Waals surface area contributed by atoms with Crippen LogP contribution >= 0.6 is 0 Å². The first-order valence-corrected chi connectivity index (χ1v) is 12.3. The van der Waals surface area contributed by atoms with Gasteiger partial charge in [-0.25, -0.2) is 14.6 Å². The molecule has 1 aliphatic heterocycles. The summed E-state index contributed by atoms with van der Waals surface area (Å²) in [5.41, 5.74) is 3.98. The molecule has 0 aliphatic carbocycles. The number of hydrogen-bond donors (Lipinski definition) is 1. The minimum atomic E-state index is -1.03. The van der Waals surface area contributed by atoms with Crippen molar-refractivity contribution in [3.63, 3.8) is 0 Å². The zero-order valence-corrected chi connectivity index (χ0v) is 21.6. The van der Waals surface area contributed by atoms with Crippen LogP contribution in [0.2, 0.25) is 0 Å². The van der Waals surface area contributed by atoms with Crippen LogP contribution in [-0.4, -0.2) is 70.4 Å². The topological polar surface area (TPSA) is 110 Å². The molecule has 3 heterocycles. The Kier molecular flexibility index (Phi) is 7.17. The fourth-order valence-corrected chi connectivity index (χ4v) is 5.28. The van der Waals surface area contributed by atoms with E-state index in [1.54, 1.807) is 37.9 Å². The first-order valence-electron chi connectivity index (χ1n) is 12.3. The Morgan fingerprint density at radius 2 is 1.92 bits per heavy atom. The molecule has 1 N–H and O–H groups in total. The van der Waals surface area contributed by atoms with Gasteiger partial charge in [0.05, 0.1) is 38.0 Å². The van der Waals surface area contributed by atoms with Gasteiger partial charge in [-0.15, -0.1) is 0 Å². The molecule has 0 amide bonds. The molecule has 1 aliphatic rings. The van der Waals surface area contributed by atoms with Gasteiger partial charge in [0.15, 0.2) is 0 Å². The van der Waals surface area contributed by atoms with Gasteiger partial charge in [-0.3, -0.25) is 14.4 Å². The lowest BCUT2D eigenvalue weighted by molar-refractivity contribution is 0.0581. The van der Waals surface area contributed by atoms with E-state index in [1.807, 2.05) is 31.2 Å². The number of fused-ring (bicyclic) bond motifs is 1. The maximum absolute atomic E-state index is 12.0. The number of rotatable bonds is 7. The van der Waals surface area contributed by atoms with Crippen LogP contribution in [0.3, 0.4) is 0 Å². The Morgan fingerprint density at radius 3 is 2.58 bits per heavy atom. The van der Waals surface area contributed by atoms with Crippen molar-refractivity contribution in [1.82, 2.24) is 19.4 Å². The SMILES string of the molecule is COC(=O)c1ccc(C2CN(Cc3ncco3)CCN2Cc2c(OC)cc(C)c3c2ccn3C(=O)O)cc1. The molecule has 0 saturated carbocycles. The maximum Gasteiger partial charge on any atom is 0.416 e. The number of aromatic nitrogens is 2. The number of ether oxygens (including phenoxy) is 2. The number of hydrogen-bond acceptors (Lipinski definition) is 8. The molecular weight excluding hydrogens is 488 g/mol. The Hall–Kier alpha value is -4.15. The number of aryl methyl sites for hydroxylation is 1. The molecule has 1 saturated heterocycles. The molecule has 0 spiro atoms. The fourth-order valence-electron chi connectivity index (χ4n) is 5.28. The van der Waals surface area contributed by atoms with Gasteiger partial charge >= 0.3 is 12.1 Å². The molecule has 10 heteroatoms. The standard InChI is InChI=1S/C28H30N4O6/c1-18-14-24(36-2)22(21-8-10-32(26(18)21)28(34)35)15-31-12-11-30(17-25-29-9-13-38-25)16-23(31)19-4-6-20(7-5-19)27(33)37-3/h4-10,13-14,23H,11-12,15-17H2,1-3H3,(H,34,35). The van der Waals surface area contributed by atoms with Crippen LogP contribution in [0.1, 0.15) is 39.0 Å². The highest BCUT2D eigenvalue weighted by molar-refractivity contribution is 5.94. The number of esters is 1. The van der Waals surface area contributed by atoms with Crippen molar-refractivity contribution >= 4 is 23.0 Å². The molecule has 198 valence electrons. The van der Waals surface area contributed by atoms with E-state index in [0.29, 0.717) is 36.6 Å². The van der Waals surface area contributed by atoms with Crippen molar-refractivity contribution in [2.24, 2.45) is 0 Å². The third-order valence-corrected chi connectivity index (χ3v) is 7.15. The van der Waals surface area contributed by atoms with Gasteiger partial charge in [0.2, 0.25) is 5.89 Å². The minimum Gasteiger partial charge on any atom is -0.496 e. The highest BCUT2D eigenvalue weighted by atomic mass is 16.5. The molecule has 10 nitrogen and oxygen atoms in total. The monoisotopic (exact) mass is 518 g/mol. The zero-order chi connectivity index (χ0) is 26.8. The summed E-state index contributed by atoms with van der Waals surface area (Å²) >= 11 is 0.